The van der Waals surface area contributed by atoms with E-state index < -0.39 is 6.10 Å². The van der Waals surface area contributed by atoms with Crippen molar-refractivity contribution in [1.82, 2.24) is 0 Å². The molecule has 0 fully saturated rings. The molecule has 0 saturated carbocycles. The van der Waals surface area contributed by atoms with E-state index in [1.54, 1.807) is 0 Å². The van der Waals surface area contributed by atoms with E-state index in [-0.39, 0.29) is 31.1 Å². The van der Waals surface area contributed by atoms with Crippen molar-refractivity contribution in [3.8, 4) is 0 Å². The maximum atomic E-state index is 12.7. The molecule has 0 radical (unpaired) electrons. The summed E-state index contributed by atoms with van der Waals surface area (Å²) < 4.78 is 16.8. The van der Waals surface area contributed by atoms with Crippen LogP contribution in [0.4, 0.5) is 0 Å². The van der Waals surface area contributed by atoms with E-state index in [9.17, 15) is 14.4 Å². The molecule has 0 aliphatic rings. The number of hydrogen-bond donors (Lipinski definition) is 0. The molecule has 0 aromatic carbocycles. The van der Waals surface area contributed by atoms with Crippen molar-refractivity contribution in [2.75, 3.05) is 13.2 Å². The van der Waals surface area contributed by atoms with Crippen LogP contribution >= 0.6 is 0 Å². The Balaban J connectivity index is 4.28. The highest BCUT2D eigenvalue weighted by atomic mass is 16.6. The maximum absolute atomic E-state index is 12.7. The minimum absolute atomic E-state index is 0.0630. The smallest absolute Gasteiger partial charge is 0.306 e. The summed E-state index contributed by atoms with van der Waals surface area (Å²) in [7, 11) is 0. The van der Waals surface area contributed by atoms with Gasteiger partial charge in [0.2, 0.25) is 0 Å². The standard InChI is InChI=1S/C50H96O6/c1-5-7-9-11-13-15-17-18-22-26-29-33-37-41-48(51)54-44-47(56-50(53)43-39-35-31-25-16-14-12-10-8-6-2)45-55-49(52)42-38-34-30-27-23-20-19-21-24-28-32-36-40-46(3)4/h46-47H,5-45H2,1-4H3/t47-/m1/s1. The zero-order chi connectivity index (χ0) is 41.0. The quantitative estimate of drug-likeness (QED) is 0.0347. The molecule has 0 unspecified atom stereocenters. The van der Waals surface area contributed by atoms with E-state index in [1.807, 2.05) is 0 Å². The van der Waals surface area contributed by atoms with E-state index >= 15 is 0 Å². The lowest BCUT2D eigenvalue weighted by molar-refractivity contribution is -0.167. The van der Waals surface area contributed by atoms with Gasteiger partial charge in [0.1, 0.15) is 13.2 Å². The predicted octanol–water partition coefficient (Wildman–Crippen LogP) is 15.9. The van der Waals surface area contributed by atoms with Gasteiger partial charge < -0.3 is 14.2 Å². The molecule has 0 aliphatic heterocycles. The van der Waals surface area contributed by atoms with Crippen LogP contribution in [0.1, 0.15) is 278 Å². The molecule has 1 atom stereocenters. The molecule has 6 nitrogen and oxygen atoms in total. The van der Waals surface area contributed by atoms with Gasteiger partial charge in [0.25, 0.3) is 0 Å². The number of esters is 3. The Hall–Kier alpha value is -1.59. The molecule has 0 heterocycles. The Kier molecular flexibility index (Phi) is 43.2. The summed E-state index contributed by atoms with van der Waals surface area (Å²) in [6.45, 7) is 9.01. The van der Waals surface area contributed by atoms with Crippen molar-refractivity contribution in [3.63, 3.8) is 0 Å². The molecule has 0 bridgehead atoms. The van der Waals surface area contributed by atoms with Gasteiger partial charge in [0, 0.05) is 19.3 Å². The van der Waals surface area contributed by atoms with Crippen LogP contribution < -0.4 is 0 Å². The summed E-state index contributed by atoms with van der Waals surface area (Å²) in [5.74, 6) is -0.0145. The summed E-state index contributed by atoms with van der Waals surface area (Å²) in [4.78, 5) is 37.8. The largest absolute Gasteiger partial charge is 0.462 e. The second-order valence-corrected chi connectivity index (χ2v) is 17.6. The first kappa shape index (κ1) is 54.4. The third kappa shape index (κ3) is 43.5. The average molecular weight is 793 g/mol. The molecular weight excluding hydrogens is 697 g/mol. The van der Waals surface area contributed by atoms with Gasteiger partial charge in [-0.25, -0.2) is 0 Å². The molecular formula is C50H96O6. The van der Waals surface area contributed by atoms with Gasteiger partial charge in [-0.3, -0.25) is 14.4 Å². The molecule has 0 rings (SSSR count). The second kappa shape index (κ2) is 44.5. The van der Waals surface area contributed by atoms with Crippen LogP contribution in [-0.2, 0) is 28.6 Å². The molecule has 0 saturated heterocycles. The summed E-state index contributed by atoms with van der Waals surface area (Å²) in [6, 6.07) is 0. The van der Waals surface area contributed by atoms with Crippen molar-refractivity contribution in [2.24, 2.45) is 5.92 Å². The number of hydrogen-bond acceptors (Lipinski definition) is 6. The fraction of sp³-hybridized carbons (Fsp3) is 0.940. The highest BCUT2D eigenvalue weighted by Gasteiger charge is 2.19. The molecule has 0 aromatic rings. The van der Waals surface area contributed by atoms with Crippen molar-refractivity contribution >= 4 is 17.9 Å². The van der Waals surface area contributed by atoms with Crippen LogP contribution in [0.3, 0.4) is 0 Å². The van der Waals surface area contributed by atoms with Crippen LogP contribution in [0.2, 0.25) is 0 Å². The number of unbranched alkanes of at least 4 members (excludes halogenated alkanes) is 32. The molecule has 56 heavy (non-hydrogen) atoms. The van der Waals surface area contributed by atoms with Crippen LogP contribution in [-0.4, -0.2) is 37.2 Å². The Morgan fingerprint density at radius 2 is 0.589 bits per heavy atom. The number of ether oxygens (including phenoxy) is 3. The predicted molar refractivity (Wildman–Crippen MR) is 238 cm³/mol. The summed E-state index contributed by atoms with van der Waals surface area (Å²) in [5.41, 5.74) is 0. The molecule has 0 aromatic heterocycles. The maximum Gasteiger partial charge on any atom is 0.306 e. The molecule has 0 spiro atoms. The normalized spacial score (nSPS) is 11.9. The molecule has 0 aliphatic carbocycles. The summed E-state index contributed by atoms with van der Waals surface area (Å²) in [5, 5.41) is 0. The van der Waals surface area contributed by atoms with Gasteiger partial charge in [0.05, 0.1) is 0 Å². The first-order valence-electron chi connectivity index (χ1n) is 24.9. The lowest BCUT2D eigenvalue weighted by Gasteiger charge is -2.18. The lowest BCUT2D eigenvalue weighted by Crippen LogP contribution is -2.30. The second-order valence-electron chi connectivity index (χ2n) is 17.6. The van der Waals surface area contributed by atoms with E-state index in [0.29, 0.717) is 19.3 Å². The van der Waals surface area contributed by atoms with E-state index in [2.05, 4.69) is 27.7 Å². The third-order valence-corrected chi connectivity index (χ3v) is 11.3. The fourth-order valence-electron chi connectivity index (χ4n) is 7.51. The van der Waals surface area contributed by atoms with Crippen LogP contribution in [0, 0.1) is 5.92 Å². The average Bonchev–Trinajstić information content (AvgIpc) is 3.18. The van der Waals surface area contributed by atoms with Crippen LogP contribution in [0.25, 0.3) is 0 Å². The Morgan fingerprint density at radius 3 is 0.875 bits per heavy atom. The number of rotatable bonds is 45. The minimum Gasteiger partial charge on any atom is -0.462 e. The summed E-state index contributed by atoms with van der Waals surface area (Å²) >= 11 is 0. The highest BCUT2D eigenvalue weighted by molar-refractivity contribution is 5.71. The van der Waals surface area contributed by atoms with E-state index in [0.717, 1.165) is 63.7 Å². The molecule has 0 N–H and O–H groups in total. The highest BCUT2D eigenvalue weighted by Crippen LogP contribution is 2.17. The number of carbonyl (C=O) groups is 3. The van der Waals surface area contributed by atoms with Gasteiger partial charge in [-0.1, -0.05) is 240 Å². The zero-order valence-corrected chi connectivity index (χ0v) is 38.1. The van der Waals surface area contributed by atoms with Crippen molar-refractivity contribution in [2.45, 2.75) is 284 Å². The van der Waals surface area contributed by atoms with Crippen molar-refractivity contribution in [1.29, 1.82) is 0 Å². The van der Waals surface area contributed by atoms with Crippen molar-refractivity contribution < 1.29 is 28.6 Å². The first-order chi connectivity index (χ1) is 27.4. The lowest BCUT2D eigenvalue weighted by atomic mass is 10.0. The van der Waals surface area contributed by atoms with Crippen molar-refractivity contribution in [3.05, 3.63) is 0 Å². The van der Waals surface area contributed by atoms with Gasteiger partial charge in [0.15, 0.2) is 6.10 Å². The number of carbonyl (C=O) groups excluding carboxylic acids is 3. The molecule has 0 amide bonds. The van der Waals surface area contributed by atoms with Gasteiger partial charge in [-0.05, 0) is 25.2 Å². The fourth-order valence-corrected chi connectivity index (χ4v) is 7.51. The molecule has 332 valence electrons. The topological polar surface area (TPSA) is 78.9 Å². The van der Waals surface area contributed by atoms with Gasteiger partial charge >= 0.3 is 17.9 Å². The van der Waals surface area contributed by atoms with E-state index in [4.69, 9.17) is 14.2 Å². The van der Waals surface area contributed by atoms with Crippen LogP contribution in [0.15, 0.2) is 0 Å². The van der Waals surface area contributed by atoms with Gasteiger partial charge in [-0.15, -0.1) is 0 Å². The first-order valence-corrected chi connectivity index (χ1v) is 24.9. The Labute approximate surface area is 348 Å². The SMILES string of the molecule is CCCCCCCCCCCCCCCC(=O)OC[C@H](COC(=O)CCCCCCCCCCCCCCC(C)C)OC(=O)CCCCCCCCCCCC. The zero-order valence-electron chi connectivity index (χ0n) is 38.1. The monoisotopic (exact) mass is 793 g/mol. The Bertz CT molecular complexity index is 841. The Morgan fingerprint density at radius 1 is 0.339 bits per heavy atom. The summed E-state index contributed by atoms with van der Waals surface area (Å²) in [6.07, 6.45) is 45.1. The van der Waals surface area contributed by atoms with Gasteiger partial charge in [-0.2, -0.15) is 0 Å². The molecule has 6 heteroatoms. The minimum atomic E-state index is -0.759. The van der Waals surface area contributed by atoms with E-state index in [1.165, 1.54) is 173 Å². The van der Waals surface area contributed by atoms with Crippen LogP contribution in [0.5, 0.6) is 0 Å². The third-order valence-electron chi connectivity index (χ3n) is 11.3.